The molecule has 0 aromatic heterocycles. The van der Waals surface area contributed by atoms with E-state index in [1.54, 1.807) is 0 Å². The summed E-state index contributed by atoms with van der Waals surface area (Å²) >= 11 is 0. The van der Waals surface area contributed by atoms with Crippen LogP contribution in [0, 0.1) is 0 Å². The lowest BCUT2D eigenvalue weighted by Gasteiger charge is -2.25. The van der Waals surface area contributed by atoms with Gasteiger partial charge in [0.2, 0.25) is 0 Å². The molecule has 0 atom stereocenters. The van der Waals surface area contributed by atoms with Crippen LogP contribution in [-0.4, -0.2) is 35.5 Å². The monoisotopic (exact) mass is 206 g/mol. The second-order valence-corrected chi connectivity index (χ2v) is 4.71. The van der Waals surface area contributed by atoms with Crippen LogP contribution in [0.2, 0.25) is 0 Å². The van der Waals surface area contributed by atoms with E-state index < -0.39 is 18.5 Å². The lowest BCUT2D eigenvalue weighted by Crippen LogP contribution is -2.48. The van der Waals surface area contributed by atoms with Gasteiger partial charge in [0, 0.05) is 18.5 Å². The number of hydrogen-bond acceptors (Lipinski definition) is 1. The molecule has 0 bridgehead atoms. The maximum atomic E-state index is 12.8. The van der Waals surface area contributed by atoms with Gasteiger partial charge in [-0.05, 0) is 20.8 Å². The van der Waals surface area contributed by atoms with Crippen LogP contribution in [0.3, 0.4) is 0 Å². The van der Waals surface area contributed by atoms with Gasteiger partial charge in [-0.15, -0.1) is 0 Å². The van der Waals surface area contributed by atoms with Crippen LogP contribution < -0.4 is 5.32 Å². The Bertz CT molecular complexity index is 235. The fraction of sp³-hybridized carbons (Fsp3) is 0.889. The molecular formula is C9H16F2N2O. The van der Waals surface area contributed by atoms with E-state index in [1.165, 1.54) is 0 Å². The zero-order valence-electron chi connectivity index (χ0n) is 8.73. The minimum absolute atomic E-state index is 0.134. The number of halogens is 2. The number of rotatable bonds is 0. The normalized spacial score (nSPS) is 21.1. The number of carbonyl (C=O) groups excluding carboxylic acids is 1. The molecule has 1 heterocycles. The highest BCUT2D eigenvalue weighted by atomic mass is 19.3. The van der Waals surface area contributed by atoms with Crippen molar-refractivity contribution in [3.8, 4) is 0 Å². The first-order valence-electron chi connectivity index (χ1n) is 4.65. The van der Waals surface area contributed by atoms with Gasteiger partial charge in [-0.25, -0.2) is 13.6 Å². The van der Waals surface area contributed by atoms with Gasteiger partial charge in [0.05, 0.1) is 6.54 Å². The van der Waals surface area contributed by atoms with Gasteiger partial charge in [-0.2, -0.15) is 0 Å². The SMILES string of the molecule is CC(C)(C)NC(=O)N1CCC(F)(F)C1. The van der Waals surface area contributed by atoms with Gasteiger partial charge >= 0.3 is 6.03 Å². The van der Waals surface area contributed by atoms with Crippen LogP contribution in [0.5, 0.6) is 0 Å². The third-order valence-corrected chi connectivity index (χ3v) is 1.94. The summed E-state index contributed by atoms with van der Waals surface area (Å²) in [7, 11) is 0. The van der Waals surface area contributed by atoms with E-state index in [-0.39, 0.29) is 18.5 Å². The molecule has 0 aromatic rings. The Balaban J connectivity index is 2.48. The Kier molecular flexibility index (Phi) is 2.69. The van der Waals surface area contributed by atoms with Crippen LogP contribution in [0.25, 0.3) is 0 Å². The van der Waals surface area contributed by atoms with Crippen molar-refractivity contribution in [3.63, 3.8) is 0 Å². The van der Waals surface area contributed by atoms with Crippen molar-refractivity contribution in [3.05, 3.63) is 0 Å². The molecule has 14 heavy (non-hydrogen) atoms. The average molecular weight is 206 g/mol. The summed E-state index contributed by atoms with van der Waals surface area (Å²) in [6.45, 7) is 5.13. The zero-order valence-corrected chi connectivity index (χ0v) is 8.73. The van der Waals surface area contributed by atoms with Gasteiger partial charge < -0.3 is 10.2 Å². The Morgan fingerprint density at radius 1 is 1.43 bits per heavy atom. The van der Waals surface area contributed by atoms with Gasteiger partial charge in [-0.3, -0.25) is 0 Å². The van der Waals surface area contributed by atoms with E-state index in [9.17, 15) is 13.6 Å². The summed E-state index contributed by atoms with van der Waals surface area (Å²) in [5.41, 5.74) is -0.380. The average Bonchev–Trinajstić information content (AvgIpc) is 2.26. The third-order valence-electron chi connectivity index (χ3n) is 1.94. The molecular weight excluding hydrogens is 190 g/mol. The van der Waals surface area contributed by atoms with Crippen LogP contribution in [-0.2, 0) is 0 Å². The number of likely N-dealkylation sites (tertiary alicyclic amines) is 1. The van der Waals surface area contributed by atoms with Gasteiger partial charge in [0.15, 0.2) is 0 Å². The van der Waals surface area contributed by atoms with Crippen molar-refractivity contribution >= 4 is 6.03 Å². The summed E-state index contributed by atoms with van der Waals surface area (Å²) in [4.78, 5) is 12.6. The highest BCUT2D eigenvalue weighted by Gasteiger charge is 2.40. The molecule has 1 rings (SSSR count). The Labute approximate surface area is 82.5 Å². The summed E-state index contributed by atoms with van der Waals surface area (Å²) in [6.07, 6.45) is -0.232. The molecule has 1 fully saturated rings. The molecule has 1 saturated heterocycles. The van der Waals surface area contributed by atoms with Crippen LogP contribution >= 0.6 is 0 Å². The highest BCUT2D eigenvalue weighted by Crippen LogP contribution is 2.26. The fourth-order valence-electron chi connectivity index (χ4n) is 1.31. The molecule has 0 spiro atoms. The van der Waals surface area contributed by atoms with Crippen molar-refractivity contribution in [2.24, 2.45) is 0 Å². The molecule has 3 nitrogen and oxygen atoms in total. The lowest BCUT2D eigenvalue weighted by molar-refractivity contribution is 0.0151. The largest absolute Gasteiger partial charge is 0.333 e. The Hall–Kier alpha value is -0.870. The van der Waals surface area contributed by atoms with Crippen molar-refractivity contribution in [1.29, 1.82) is 0 Å². The second-order valence-electron chi connectivity index (χ2n) is 4.71. The number of hydrogen-bond donors (Lipinski definition) is 1. The number of urea groups is 1. The Morgan fingerprint density at radius 3 is 2.36 bits per heavy atom. The first-order valence-corrected chi connectivity index (χ1v) is 4.65. The van der Waals surface area contributed by atoms with Crippen molar-refractivity contribution in [2.45, 2.75) is 38.7 Å². The summed E-state index contributed by atoms with van der Waals surface area (Å²) in [5.74, 6) is -2.71. The van der Waals surface area contributed by atoms with E-state index in [2.05, 4.69) is 5.32 Å². The molecule has 0 saturated carbocycles. The smallest absolute Gasteiger partial charge is 0.318 e. The van der Waals surface area contributed by atoms with E-state index in [4.69, 9.17) is 0 Å². The maximum absolute atomic E-state index is 12.8. The topological polar surface area (TPSA) is 32.3 Å². The molecule has 0 unspecified atom stereocenters. The van der Waals surface area contributed by atoms with Crippen LogP contribution in [0.4, 0.5) is 13.6 Å². The summed E-state index contributed by atoms with van der Waals surface area (Å²) in [6, 6.07) is -0.408. The quantitative estimate of drug-likeness (QED) is 0.644. The first-order chi connectivity index (χ1) is 6.20. The molecule has 0 radical (unpaired) electrons. The minimum atomic E-state index is -2.71. The van der Waals surface area contributed by atoms with Gasteiger partial charge in [-0.1, -0.05) is 0 Å². The van der Waals surface area contributed by atoms with Crippen LogP contribution in [0.1, 0.15) is 27.2 Å². The summed E-state index contributed by atoms with van der Waals surface area (Å²) in [5, 5.41) is 2.65. The second kappa shape index (κ2) is 3.37. The number of amides is 2. The number of alkyl halides is 2. The zero-order chi connectivity index (χ0) is 11.0. The van der Waals surface area contributed by atoms with Crippen molar-refractivity contribution in [2.75, 3.05) is 13.1 Å². The fourth-order valence-corrected chi connectivity index (χ4v) is 1.31. The van der Waals surface area contributed by atoms with E-state index in [0.29, 0.717) is 0 Å². The molecule has 2 amide bonds. The number of nitrogens with one attached hydrogen (secondary N) is 1. The predicted octanol–water partition coefficient (Wildman–Crippen LogP) is 1.84. The third kappa shape index (κ3) is 3.12. The van der Waals surface area contributed by atoms with E-state index in [1.807, 2.05) is 20.8 Å². The molecule has 0 aromatic carbocycles. The standard InChI is InChI=1S/C9H16F2N2O/c1-8(2,3)12-7(14)13-5-4-9(10,11)6-13/h4-6H2,1-3H3,(H,12,14). The molecule has 82 valence electrons. The molecule has 1 aliphatic heterocycles. The van der Waals surface area contributed by atoms with Gasteiger partial charge in [0.25, 0.3) is 5.92 Å². The van der Waals surface area contributed by atoms with E-state index >= 15 is 0 Å². The molecule has 1 aliphatic rings. The maximum Gasteiger partial charge on any atom is 0.318 e. The molecule has 5 heteroatoms. The van der Waals surface area contributed by atoms with E-state index in [0.717, 1.165) is 4.90 Å². The van der Waals surface area contributed by atoms with Crippen molar-refractivity contribution in [1.82, 2.24) is 10.2 Å². The van der Waals surface area contributed by atoms with Gasteiger partial charge in [0.1, 0.15) is 0 Å². The van der Waals surface area contributed by atoms with Crippen molar-refractivity contribution < 1.29 is 13.6 Å². The minimum Gasteiger partial charge on any atom is -0.333 e. The summed E-state index contributed by atoms with van der Waals surface area (Å²) < 4.78 is 25.5. The number of nitrogens with zero attached hydrogens (tertiary/aromatic N) is 1. The number of carbonyl (C=O) groups is 1. The van der Waals surface area contributed by atoms with Crippen LogP contribution in [0.15, 0.2) is 0 Å². The highest BCUT2D eigenvalue weighted by molar-refractivity contribution is 5.75. The lowest BCUT2D eigenvalue weighted by atomic mass is 10.1. The molecule has 1 N–H and O–H groups in total. The molecule has 0 aliphatic carbocycles. The first kappa shape index (κ1) is 11.2. The predicted molar refractivity (Wildman–Crippen MR) is 49.4 cm³/mol. The Morgan fingerprint density at radius 2 is 2.00 bits per heavy atom.